The Labute approximate surface area is 85.8 Å². The van der Waals surface area contributed by atoms with Crippen LogP contribution in [0.15, 0.2) is 22.1 Å². The summed E-state index contributed by atoms with van der Waals surface area (Å²) in [6.45, 7) is 0. The Balaban J connectivity index is -0.000000114. The molecule has 0 amide bonds. The van der Waals surface area contributed by atoms with Crippen LogP contribution in [0, 0.1) is 0 Å². The van der Waals surface area contributed by atoms with E-state index in [-0.39, 0.29) is 24.8 Å². The Hall–Kier alpha value is 0.734. The van der Waals surface area contributed by atoms with Crippen LogP contribution in [0.3, 0.4) is 0 Å². The summed E-state index contributed by atoms with van der Waals surface area (Å²) in [6.07, 6.45) is 7.56. The molecule has 0 aromatic rings. The molecule has 1 aliphatic rings. The molecule has 0 unspecified atom stereocenters. The van der Waals surface area contributed by atoms with E-state index in [2.05, 4.69) is 38.7 Å². The predicted octanol–water partition coefficient (Wildman–Crippen LogP) is 1.83. The van der Waals surface area contributed by atoms with Gasteiger partial charge in [0.1, 0.15) is 0 Å². The van der Waals surface area contributed by atoms with Crippen LogP contribution in [-0.4, -0.2) is 12.2 Å². The van der Waals surface area contributed by atoms with Crippen molar-refractivity contribution in [3.8, 4) is 0 Å². The molecule has 1 aliphatic carbocycles. The monoisotopic (exact) mass is 217 g/mol. The summed E-state index contributed by atoms with van der Waals surface area (Å²) >= 11 is 2.14. The summed E-state index contributed by atoms with van der Waals surface area (Å²) in [6, 6.07) is 0. The van der Waals surface area contributed by atoms with Gasteiger partial charge in [-0.2, -0.15) is 0 Å². The summed E-state index contributed by atoms with van der Waals surface area (Å²) < 4.78 is 1.47. The fraction of sp³-hybridized carbons (Fsp3) is 0.333. The minimum absolute atomic E-state index is 0. The molecule has 0 saturated carbocycles. The van der Waals surface area contributed by atoms with Gasteiger partial charge in [-0.1, -0.05) is 0 Å². The molecule has 0 fully saturated rings. The molecule has 10 heavy (non-hydrogen) atoms. The molecule has 0 heterocycles. The first-order valence-corrected chi connectivity index (χ1v) is 3.20. The number of allylic oxidation sites excluding steroid dienone is 4. The molecule has 0 aromatic carbocycles. The van der Waals surface area contributed by atoms with E-state index in [1.807, 2.05) is 0 Å². The molecule has 0 spiro atoms. The van der Waals surface area contributed by atoms with E-state index in [0.717, 1.165) is 7.11 Å². The number of hydrogen-bond acceptors (Lipinski definition) is 1. The van der Waals surface area contributed by atoms with E-state index in [4.69, 9.17) is 5.11 Å². The van der Waals surface area contributed by atoms with Crippen molar-refractivity contribution in [3.63, 3.8) is 0 Å². The van der Waals surface area contributed by atoms with Crippen LogP contribution in [0.5, 0.6) is 0 Å². The van der Waals surface area contributed by atoms with Crippen molar-refractivity contribution in [2.75, 3.05) is 7.11 Å². The second kappa shape index (κ2) is 12.4. The van der Waals surface area contributed by atoms with Gasteiger partial charge in [0, 0.05) is 7.11 Å². The maximum atomic E-state index is 7.00. The van der Waals surface area contributed by atoms with Crippen molar-refractivity contribution >= 4 is 24.8 Å². The van der Waals surface area contributed by atoms with Crippen LogP contribution in [0.2, 0.25) is 0 Å². The zero-order valence-corrected chi connectivity index (χ0v) is 8.90. The van der Waals surface area contributed by atoms with Gasteiger partial charge in [0.25, 0.3) is 0 Å². The van der Waals surface area contributed by atoms with Gasteiger partial charge in [0.2, 0.25) is 0 Å². The van der Waals surface area contributed by atoms with E-state index >= 15 is 0 Å². The Morgan fingerprint density at radius 1 is 1.40 bits per heavy atom. The SMILES string of the molecule is CO.Cl.Cl.[Ti][C]1=CC=CC1. The summed E-state index contributed by atoms with van der Waals surface area (Å²) in [5, 5.41) is 7.00. The van der Waals surface area contributed by atoms with Crippen LogP contribution in [0.1, 0.15) is 6.42 Å². The Morgan fingerprint density at radius 3 is 2.00 bits per heavy atom. The van der Waals surface area contributed by atoms with Crippen molar-refractivity contribution in [1.82, 2.24) is 0 Å². The average Bonchev–Trinajstić information content (AvgIpc) is 2.24. The van der Waals surface area contributed by atoms with Crippen molar-refractivity contribution < 1.29 is 25.5 Å². The third kappa shape index (κ3) is 8.73. The van der Waals surface area contributed by atoms with E-state index in [0.29, 0.717) is 0 Å². The predicted molar refractivity (Wildman–Crippen MR) is 44.5 cm³/mol. The topological polar surface area (TPSA) is 20.2 Å². The molecule has 59 valence electrons. The Bertz CT molecular complexity index is 112. The third-order valence-corrected chi connectivity index (χ3v) is 1.35. The standard InChI is InChI=1S/C5H5.CH4O.2ClH.Ti/c1-2-4-5-3-1;1-2;;;/h1-3H,4H2;2H,1H3;2*1H;. The molecule has 0 saturated heterocycles. The van der Waals surface area contributed by atoms with E-state index in [9.17, 15) is 0 Å². The van der Waals surface area contributed by atoms with Crippen LogP contribution in [0.25, 0.3) is 0 Å². The summed E-state index contributed by atoms with van der Waals surface area (Å²) in [7, 11) is 1.00. The van der Waals surface area contributed by atoms with Crippen molar-refractivity contribution in [3.05, 3.63) is 22.1 Å². The van der Waals surface area contributed by atoms with E-state index in [1.165, 1.54) is 10.3 Å². The second-order valence-electron chi connectivity index (χ2n) is 1.32. The molecular formula is C6H11Cl2OTi. The zero-order valence-electron chi connectivity index (χ0n) is 5.70. The molecule has 0 atom stereocenters. The number of aliphatic hydroxyl groups excluding tert-OH is 1. The number of aliphatic hydroxyl groups is 1. The second-order valence-corrected chi connectivity index (χ2v) is 2.33. The Morgan fingerprint density at radius 2 is 1.90 bits per heavy atom. The molecule has 1 rings (SSSR count). The molecule has 1 nitrogen and oxygen atoms in total. The maximum absolute atomic E-state index is 7.00. The number of hydrogen-bond donors (Lipinski definition) is 1. The molecule has 1 N–H and O–H groups in total. The van der Waals surface area contributed by atoms with Gasteiger partial charge < -0.3 is 5.11 Å². The van der Waals surface area contributed by atoms with Crippen LogP contribution < -0.4 is 0 Å². The Kier molecular flexibility index (Phi) is 21.1. The molecular weight excluding hydrogens is 207 g/mol. The van der Waals surface area contributed by atoms with E-state index in [1.54, 1.807) is 0 Å². The third-order valence-electron chi connectivity index (χ3n) is 0.771. The first kappa shape index (κ1) is 17.0. The molecule has 0 radical (unpaired) electrons. The van der Waals surface area contributed by atoms with Crippen LogP contribution >= 0.6 is 24.8 Å². The summed E-state index contributed by atoms with van der Waals surface area (Å²) in [4.78, 5) is 0. The fourth-order valence-corrected chi connectivity index (χ4v) is 0.782. The molecule has 0 bridgehead atoms. The molecule has 4 heteroatoms. The van der Waals surface area contributed by atoms with Gasteiger partial charge in [-0.3, -0.25) is 0 Å². The first-order chi connectivity index (χ1) is 3.89. The van der Waals surface area contributed by atoms with Crippen molar-refractivity contribution in [2.24, 2.45) is 0 Å². The summed E-state index contributed by atoms with van der Waals surface area (Å²) in [5.74, 6) is 0. The van der Waals surface area contributed by atoms with Crippen LogP contribution in [-0.2, 0) is 20.4 Å². The normalized spacial score (nSPS) is 11.5. The first-order valence-electron chi connectivity index (χ1n) is 2.41. The van der Waals surface area contributed by atoms with Crippen LogP contribution in [0.4, 0.5) is 0 Å². The fourth-order valence-electron chi connectivity index (χ4n) is 0.447. The number of halogens is 2. The average molecular weight is 218 g/mol. The molecule has 0 aliphatic heterocycles. The quantitative estimate of drug-likeness (QED) is 0.615. The molecule has 0 aromatic heterocycles. The van der Waals surface area contributed by atoms with Gasteiger partial charge in [-0.25, -0.2) is 0 Å². The summed E-state index contributed by atoms with van der Waals surface area (Å²) in [5.41, 5.74) is 0. The number of rotatable bonds is 0. The van der Waals surface area contributed by atoms with Gasteiger partial charge in [-0.05, 0) is 0 Å². The van der Waals surface area contributed by atoms with Gasteiger partial charge in [-0.15, -0.1) is 24.8 Å². The zero-order chi connectivity index (χ0) is 6.41. The van der Waals surface area contributed by atoms with Crippen molar-refractivity contribution in [1.29, 1.82) is 0 Å². The van der Waals surface area contributed by atoms with Gasteiger partial charge in [0.05, 0.1) is 0 Å². The minimum atomic E-state index is 0. The van der Waals surface area contributed by atoms with E-state index < -0.39 is 0 Å². The van der Waals surface area contributed by atoms with Gasteiger partial charge >= 0.3 is 49.0 Å². The van der Waals surface area contributed by atoms with Gasteiger partial charge in [0.15, 0.2) is 0 Å². The van der Waals surface area contributed by atoms with Crippen molar-refractivity contribution in [2.45, 2.75) is 6.42 Å².